The maximum Gasteiger partial charge on any atom is 0.421 e. The molecule has 2 rings (SSSR count). The number of nitrogens with zero attached hydrogens (tertiary/aromatic N) is 4. The molecule has 8 heteroatoms. The molecule has 0 saturated carbocycles. The van der Waals surface area contributed by atoms with Gasteiger partial charge in [0.2, 0.25) is 0 Å². The first kappa shape index (κ1) is 13.4. The van der Waals surface area contributed by atoms with Gasteiger partial charge in [-0.1, -0.05) is 0 Å². The molecule has 0 bridgehead atoms. The molecule has 0 aliphatic carbocycles. The molecule has 1 unspecified atom stereocenters. The zero-order chi connectivity index (χ0) is 13.9. The van der Waals surface area contributed by atoms with Crippen molar-refractivity contribution in [3.05, 3.63) is 17.6 Å². The van der Waals surface area contributed by atoms with Crippen molar-refractivity contribution in [1.29, 1.82) is 0 Å². The second kappa shape index (κ2) is 5.33. The van der Waals surface area contributed by atoms with Crippen molar-refractivity contribution in [2.24, 2.45) is 9.98 Å². The SMILES string of the molecule is CCNc1nc(C2CC=NC=N2)ncc1C(F)(F)F. The average Bonchev–Trinajstić information content (AvgIpc) is 2.39. The van der Waals surface area contributed by atoms with Crippen LogP contribution in [0.15, 0.2) is 16.2 Å². The van der Waals surface area contributed by atoms with Gasteiger partial charge in [-0.2, -0.15) is 13.2 Å². The van der Waals surface area contributed by atoms with Crippen molar-refractivity contribution in [2.45, 2.75) is 25.6 Å². The van der Waals surface area contributed by atoms with Gasteiger partial charge in [0.1, 0.15) is 23.8 Å². The molecule has 0 radical (unpaired) electrons. The summed E-state index contributed by atoms with van der Waals surface area (Å²) in [6.45, 7) is 2.04. The van der Waals surface area contributed by atoms with Gasteiger partial charge in [0.25, 0.3) is 0 Å². The Morgan fingerprint density at radius 2 is 2.21 bits per heavy atom. The summed E-state index contributed by atoms with van der Waals surface area (Å²) in [6.07, 6.45) is -0.226. The fraction of sp³-hybridized carbons (Fsp3) is 0.455. The summed E-state index contributed by atoms with van der Waals surface area (Å²) < 4.78 is 38.3. The Labute approximate surface area is 107 Å². The lowest BCUT2D eigenvalue weighted by Gasteiger charge is -2.16. The predicted octanol–water partition coefficient (Wildman–Crippen LogP) is 2.47. The zero-order valence-electron chi connectivity index (χ0n) is 10.1. The first-order chi connectivity index (χ1) is 9.02. The van der Waals surface area contributed by atoms with Gasteiger partial charge in [0.15, 0.2) is 5.82 Å². The van der Waals surface area contributed by atoms with E-state index >= 15 is 0 Å². The van der Waals surface area contributed by atoms with Crippen molar-refractivity contribution in [3.8, 4) is 0 Å². The van der Waals surface area contributed by atoms with Crippen LogP contribution in [0.1, 0.15) is 30.8 Å². The molecule has 102 valence electrons. The van der Waals surface area contributed by atoms with E-state index < -0.39 is 11.7 Å². The normalized spacial score (nSPS) is 18.6. The van der Waals surface area contributed by atoms with E-state index in [9.17, 15) is 13.2 Å². The van der Waals surface area contributed by atoms with E-state index in [4.69, 9.17) is 0 Å². The quantitative estimate of drug-likeness (QED) is 0.918. The number of aliphatic imine (C=N–C) groups is 2. The zero-order valence-corrected chi connectivity index (χ0v) is 10.1. The number of aromatic nitrogens is 2. The number of hydrogen-bond donors (Lipinski definition) is 1. The highest BCUT2D eigenvalue weighted by Crippen LogP contribution is 2.34. The molecule has 0 spiro atoms. The summed E-state index contributed by atoms with van der Waals surface area (Å²) in [7, 11) is 0. The van der Waals surface area contributed by atoms with Crippen LogP contribution in [0.2, 0.25) is 0 Å². The van der Waals surface area contributed by atoms with Crippen LogP contribution in [0, 0.1) is 0 Å². The van der Waals surface area contributed by atoms with Crippen LogP contribution in [0.25, 0.3) is 0 Å². The van der Waals surface area contributed by atoms with Crippen molar-refractivity contribution >= 4 is 18.4 Å². The standard InChI is InChI=1S/C11H12F3N5/c1-2-16-9-7(11(12,13)14)5-17-10(19-9)8-3-4-15-6-18-8/h4-6,8H,2-3H2,1H3,(H,16,17,19). The highest BCUT2D eigenvalue weighted by molar-refractivity contribution is 5.75. The Hall–Kier alpha value is -1.99. The largest absolute Gasteiger partial charge is 0.421 e. The Bertz CT molecular complexity index is 510. The van der Waals surface area contributed by atoms with Crippen molar-refractivity contribution in [3.63, 3.8) is 0 Å². The molecule has 2 heterocycles. The first-order valence-electron chi connectivity index (χ1n) is 5.73. The Morgan fingerprint density at radius 1 is 1.42 bits per heavy atom. The van der Waals surface area contributed by atoms with Gasteiger partial charge in [-0.3, -0.25) is 4.99 Å². The molecule has 1 aromatic heterocycles. The molecular formula is C11H12F3N5. The van der Waals surface area contributed by atoms with Gasteiger partial charge < -0.3 is 5.32 Å². The molecule has 0 fully saturated rings. The third kappa shape index (κ3) is 3.07. The molecular weight excluding hydrogens is 259 g/mol. The van der Waals surface area contributed by atoms with Crippen LogP contribution in [0.5, 0.6) is 0 Å². The Balaban J connectivity index is 2.36. The predicted molar refractivity (Wildman–Crippen MR) is 65.5 cm³/mol. The van der Waals surface area contributed by atoms with Gasteiger partial charge in [-0.25, -0.2) is 15.0 Å². The fourth-order valence-corrected chi connectivity index (χ4v) is 1.63. The molecule has 1 aliphatic heterocycles. The molecule has 0 aromatic carbocycles. The minimum atomic E-state index is -4.48. The second-order valence-corrected chi connectivity index (χ2v) is 3.87. The van der Waals surface area contributed by atoms with E-state index in [2.05, 4.69) is 25.3 Å². The number of alkyl halides is 3. The number of halogens is 3. The lowest BCUT2D eigenvalue weighted by Crippen LogP contribution is -2.16. The van der Waals surface area contributed by atoms with Gasteiger partial charge in [-0.05, 0) is 6.92 Å². The Kier molecular flexibility index (Phi) is 3.77. The number of nitrogens with one attached hydrogen (secondary N) is 1. The highest BCUT2D eigenvalue weighted by Gasteiger charge is 2.35. The summed E-state index contributed by atoms with van der Waals surface area (Å²) in [6, 6.07) is -0.378. The molecule has 1 aromatic rings. The first-order valence-corrected chi connectivity index (χ1v) is 5.73. The van der Waals surface area contributed by atoms with Crippen LogP contribution in [0.3, 0.4) is 0 Å². The summed E-state index contributed by atoms with van der Waals surface area (Å²) in [5.41, 5.74) is -0.869. The van der Waals surface area contributed by atoms with Gasteiger partial charge in [0.05, 0.1) is 0 Å². The lowest BCUT2D eigenvalue weighted by atomic mass is 10.2. The maximum atomic E-state index is 12.8. The fourth-order valence-electron chi connectivity index (χ4n) is 1.63. The van der Waals surface area contributed by atoms with Crippen LogP contribution in [0.4, 0.5) is 19.0 Å². The molecule has 0 amide bonds. The van der Waals surface area contributed by atoms with Crippen LogP contribution >= 0.6 is 0 Å². The summed E-state index contributed by atoms with van der Waals surface area (Å²) in [4.78, 5) is 15.5. The molecule has 1 atom stereocenters. The topological polar surface area (TPSA) is 62.5 Å². The minimum Gasteiger partial charge on any atom is -0.370 e. The molecule has 5 nitrogen and oxygen atoms in total. The van der Waals surface area contributed by atoms with E-state index in [1.54, 1.807) is 13.1 Å². The maximum absolute atomic E-state index is 12.8. The molecule has 1 aliphatic rings. The third-order valence-electron chi connectivity index (χ3n) is 2.50. The Morgan fingerprint density at radius 3 is 2.79 bits per heavy atom. The van der Waals surface area contributed by atoms with E-state index in [0.717, 1.165) is 6.20 Å². The monoisotopic (exact) mass is 271 g/mol. The lowest BCUT2D eigenvalue weighted by molar-refractivity contribution is -0.137. The summed E-state index contributed by atoms with van der Waals surface area (Å²) in [5, 5.41) is 2.61. The molecule has 19 heavy (non-hydrogen) atoms. The summed E-state index contributed by atoms with van der Waals surface area (Å²) >= 11 is 0. The van der Waals surface area contributed by atoms with Gasteiger partial charge in [-0.15, -0.1) is 0 Å². The summed E-state index contributed by atoms with van der Waals surface area (Å²) in [5.74, 6) is 0.0454. The second-order valence-electron chi connectivity index (χ2n) is 3.87. The van der Waals surface area contributed by atoms with Gasteiger partial charge >= 0.3 is 6.18 Å². The number of anilines is 1. The van der Waals surface area contributed by atoms with Crippen molar-refractivity contribution in [1.82, 2.24) is 9.97 Å². The smallest absolute Gasteiger partial charge is 0.370 e. The van der Waals surface area contributed by atoms with Crippen molar-refractivity contribution < 1.29 is 13.2 Å². The third-order valence-corrected chi connectivity index (χ3v) is 2.50. The molecule has 0 saturated heterocycles. The number of hydrogen-bond acceptors (Lipinski definition) is 5. The van der Waals surface area contributed by atoms with E-state index in [0.29, 0.717) is 13.0 Å². The number of rotatable bonds is 3. The van der Waals surface area contributed by atoms with Gasteiger partial charge in [0, 0.05) is 25.4 Å². The van der Waals surface area contributed by atoms with Crippen LogP contribution < -0.4 is 5.32 Å². The van der Waals surface area contributed by atoms with E-state index in [-0.39, 0.29) is 17.7 Å². The highest BCUT2D eigenvalue weighted by atomic mass is 19.4. The van der Waals surface area contributed by atoms with E-state index in [1.807, 2.05) is 0 Å². The minimum absolute atomic E-state index is 0.210. The van der Waals surface area contributed by atoms with Crippen LogP contribution in [-0.2, 0) is 6.18 Å². The average molecular weight is 271 g/mol. The molecule has 1 N–H and O–H groups in total. The van der Waals surface area contributed by atoms with Crippen molar-refractivity contribution in [2.75, 3.05) is 11.9 Å². The van der Waals surface area contributed by atoms with E-state index in [1.165, 1.54) is 6.34 Å². The van der Waals surface area contributed by atoms with Crippen LogP contribution in [-0.4, -0.2) is 29.1 Å².